The normalized spacial score (nSPS) is 14.3. The number of anilines is 1. The van der Waals surface area contributed by atoms with Gasteiger partial charge in [-0.3, -0.25) is 4.98 Å². The van der Waals surface area contributed by atoms with E-state index in [0.717, 1.165) is 47.9 Å². The first-order valence-corrected chi connectivity index (χ1v) is 10.9. The third-order valence-electron chi connectivity index (χ3n) is 5.38. The van der Waals surface area contributed by atoms with Crippen molar-refractivity contribution in [2.24, 2.45) is 16.0 Å². The third-order valence-corrected chi connectivity index (χ3v) is 5.38. The van der Waals surface area contributed by atoms with Crippen molar-refractivity contribution in [1.82, 2.24) is 19.9 Å². The maximum absolute atomic E-state index is 5.02. The van der Waals surface area contributed by atoms with Gasteiger partial charge < -0.3 is 4.90 Å². The minimum atomic E-state index is 0.450. The second-order valence-electron chi connectivity index (χ2n) is 8.12. The second-order valence-corrected chi connectivity index (χ2v) is 8.12. The molecule has 2 aromatic heterocycles. The zero-order valence-corrected chi connectivity index (χ0v) is 18.9. The lowest BCUT2D eigenvalue weighted by molar-refractivity contribution is 0.684. The summed E-state index contributed by atoms with van der Waals surface area (Å²) in [6, 6.07) is 12.2. The van der Waals surface area contributed by atoms with Crippen molar-refractivity contribution >= 4 is 22.8 Å². The van der Waals surface area contributed by atoms with Crippen LogP contribution in [0.4, 0.5) is 11.4 Å². The molecule has 0 saturated carbocycles. The number of aliphatic imine (C=N–C) groups is 1. The zero-order valence-electron chi connectivity index (χ0n) is 18.9. The lowest BCUT2D eigenvalue weighted by Crippen LogP contribution is -2.21. The molecule has 0 atom stereocenters. The minimum absolute atomic E-state index is 0.450. The fraction of sp³-hybridized carbons (Fsp3) is 0.375. The van der Waals surface area contributed by atoms with Crippen molar-refractivity contribution in [3.63, 3.8) is 0 Å². The maximum Gasteiger partial charge on any atom is 0.205 e. The maximum atomic E-state index is 5.02. The first-order chi connectivity index (χ1) is 15.0. The molecule has 1 aliphatic heterocycles. The summed E-state index contributed by atoms with van der Waals surface area (Å²) in [7, 11) is 0. The highest BCUT2D eigenvalue weighted by molar-refractivity contribution is 6.49. The molecule has 0 amide bonds. The van der Waals surface area contributed by atoms with E-state index in [0.29, 0.717) is 17.6 Å². The summed E-state index contributed by atoms with van der Waals surface area (Å²) in [5, 5.41) is 13.6. The molecule has 1 aromatic carbocycles. The number of hydrogen-bond acceptors (Lipinski definition) is 6. The molecule has 0 aliphatic carbocycles. The van der Waals surface area contributed by atoms with Gasteiger partial charge in [-0.25, -0.2) is 4.99 Å². The standard InChI is InChI=1S/C24H29N7/c1-6-30(7-2)18-11-12-19(17(5)15-18)26-22-21(14-16(3)4)29-31-23(27-28-24(22)31)20-10-8-9-13-25-20/h8-13,15-16H,6-7,14H2,1-5H3/b26-22-. The van der Waals surface area contributed by atoms with Crippen LogP contribution < -0.4 is 4.90 Å². The summed E-state index contributed by atoms with van der Waals surface area (Å²) in [6.45, 7) is 12.8. The molecule has 7 nitrogen and oxygen atoms in total. The Morgan fingerprint density at radius 3 is 2.45 bits per heavy atom. The van der Waals surface area contributed by atoms with Crippen LogP contribution in [0.15, 0.2) is 52.7 Å². The molecule has 0 radical (unpaired) electrons. The van der Waals surface area contributed by atoms with Crippen molar-refractivity contribution < 1.29 is 0 Å². The molecule has 160 valence electrons. The van der Waals surface area contributed by atoms with E-state index in [-0.39, 0.29) is 0 Å². The van der Waals surface area contributed by atoms with Crippen molar-refractivity contribution in [3.8, 4) is 11.5 Å². The van der Waals surface area contributed by atoms with E-state index in [1.165, 1.54) is 5.69 Å². The van der Waals surface area contributed by atoms with Gasteiger partial charge in [-0.05, 0) is 69.0 Å². The Balaban J connectivity index is 1.77. The average molecular weight is 416 g/mol. The Bertz CT molecular complexity index is 1120. The smallest absolute Gasteiger partial charge is 0.205 e. The van der Waals surface area contributed by atoms with Crippen molar-refractivity contribution in [2.75, 3.05) is 18.0 Å². The predicted molar refractivity (Wildman–Crippen MR) is 126 cm³/mol. The number of fused-ring (bicyclic) bond motifs is 1. The molecule has 3 aromatic rings. The topological polar surface area (TPSA) is 71.6 Å². The number of pyridine rings is 1. The monoisotopic (exact) mass is 415 g/mol. The number of rotatable bonds is 7. The Hall–Kier alpha value is -3.35. The van der Waals surface area contributed by atoms with Gasteiger partial charge in [0.25, 0.3) is 0 Å². The summed E-state index contributed by atoms with van der Waals surface area (Å²) >= 11 is 0. The molecule has 0 bridgehead atoms. The van der Waals surface area contributed by atoms with Crippen LogP contribution >= 0.6 is 0 Å². The molecule has 0 fully saturated rings. The molecular formula is C24H29N7. The Morgan fingerprint density at radius 1 is 1.03 bits per heavy atom. The van der Waals surface area contributed by atoms with E-state index < -0.39 is 0 Å². The van der Waals surface area contributed by atoms with Gasteiger partial charge >= 0.3 is 0 Å². The van der Waals surface area contributed by atoms with Crippen molar-refractivity contribution in [2.45, 2.75) is 41.0 Å². The zero-order chi connectivity index (χ0) is 22.0. The average Bonchev–Trinajstić information content (AvgIpc) is 3.31. The molecule has 4 rings (SSSR count). The van der Waals surface area contributed by atoms with Crippen molar-refractivity contribution in [3.05, 3.63) is 54.0 Å². The van der Waals surface area contributed by atoms with Gasteiger partial charge in [-0.15, -0.1) is 10.2 Å². The fourth-order valence-electron chi connectivity index (χ4n) is 3.78. The fourth-order valence-corrected chi connectivity index (χ4v) is 3.78. The van der Waals surface area contributed by atoms with Crippen LogP contribution in [0.25, 0.3) is 11.5 Å². The van der Waals surface area contributed by atoms with E-state index in [4.69, 9.17) is 10.1 Å². The summed E-state index contributed by atoms with van der Waals surface area (Å²) in [5.74, 6) is 1.75. The van der Waals surface area contributed by atoms with Crippen LogP contribution in [-0.4, -0.2) is 44.4 Å². The number of aromatic nitrogens is 4. The van der Waals surface area contributed by atoms with E-state index in [1.807, 2.05) is 18.2 Å². The van der Waals surface area contributed by atoms with E-state index in [2.05, 4.69) is 72.9 Å². The first-order valence-electron chi connectivity index (χ1n) is 10.9. The van der Waals surface area contributed by atoms with E-state index in [1.54, 1.807) is 10.9 Å². The second kappa shape index (κ2) is 8.79. The van der Waals surface area contributed by atoms with Crippen LogP contribution in [0.1, 0.15) is 45.5 Å². The van der Waals surface area contributed by atoms with Crippen LogP contribution in [-0.2, 0) is 0 Å². The molecule has 0 spiro atoms. The van der Waals surface area contributed by atoms with Gasteiger partial charge in [0.1, 0.15) is 11.4 Å². The molecule has 0 N–H and O–H groups in total. The largest absolute Gasteiger partial charge is 0.372 e. The quantitative estimate of drug-likeness (QED) is 0.551. The number of hydrogen-bond donors (Lipinski definition) is 0. The van der Waals surface area contributed by atoms with Crippen LogP contribution in [0.3, 0.4) is 0 Å². The third kappa shape index (κ3) is 4.13. The number of nitrogens with zero attached hydrogens (tertiary/aromatic N) is 7. The number of aryl methyl sites for hydroxylation is 1. The van der Waals surface area contributed by atoms with Crippen LogP contribution in [0.2, 0.25) is 0 Å². The summed E-state index contributed by atoms with van der Waals surface area (Å²) in [5.41, 5.74) is 5.75. The first kappa shape index (κ1) is 20.9. The Kier molecular flexibility index (Phi) is 5.93. The SMILES string of the molecule is CCN(CC)c1ccc(/N=C2/C(CC(C)C)=Nn3c2nnc3-c2ccccn2)c(C)c1. The molecule has 0 unspecified atom stereocenters. The molecular weight excluding hydrogens is 386 g/mol. The van der Waals surface area contributed by atoms with Gasteiger partial charge in [0.2, 0.25) is 11.6 Å². The Labute approximate surface area is 183 Å². The van der Waals surface area contributed by atoms with Gasteiger partial charge in [-0.2, -0.15) is 9.78 Å². The Morgan fingerprint density at radius 2 is 1.81 bits per heavy atom. The lowest BCUT2D eigenvalue weighted by atomic mass is 10.0. The highest BCUT2D eigenvalue weighted by Gasteiger charge is 2.29. The van der Waals surface area contributed by atoms with Gasteiger partial charge in [0.05, 0.1) is 11.4 Å². The van der Waals surface area contributed by atoms with Crippen LogP contribution in [0.5, 0.6) is 0 Å². The van der Waals surface area contributed by atoms with Gasteiger partial charge in [0.15, 0.2) is 0 Å². The summed E-state index contributed by atoms with van der Waals surface area (Å²) in [4.78, 5) is 11.8. The van der Waals surface area contributed by atoms with Crippen LogP contribution in [0, 0.1) is 12.8 Å². The predicted octanol–water partition coefficient (Wildman–Crippen LogP) is 4.88. The van der Waals surface area contributed by atoms with E-state index >= 15 is 0 Å². The molecule has 0 saturated heterocycles. The molecule has 7 heteroatoms. The number of benzene rings is 1. The molecule has 31 heavy (non-hydrogen) atoms. The highest BCUT2D eigenvalue weighted by Crippen LogP contribution is 2.28. The van der Waals surface area contributed by atoms with E-state index in [9.17, 15) is 0 Å². The summed E-state index contributed by atoms with van der Waals surface area (Å²) in [6.07, 6.45) is 2.57. The molecule has 3 heterocycles. The highest BCUT2D eigenvalue weighted by atomic mass is 15.5. The lowest BCUT2D eigenvalue weighted by Gasteiger charge is -2.21. The van der Waals surface area contributed by atoms with Crippen molar-refractivity contribution in [1.29, 1.82) is 0 Å². The summed E-state index contributed by atoms with van der Waals surface area (Å²) < 4.78 is 1.78. The molecule has 1 aliphatic rings. The minimum Gasteiger partial charge on any atom is -0.372 e. The van der Waals surface area contributed by atoms with Gasteiger partial charge in [0, 0.05) is 25.0 Å². The van der Waals surface area contributed by atoms with Gasteiger partial charge in [-0.1, -0.05) is 19.9 Å².